The van der Waals surface area contributed by atoms with Crippen LogP contribution in [0.4, 0.5) is 0 Å². The van der Waals surface area contributed by atoms with Gasteiger partial charge in [0.05, 0.1) is 22.3 Å². The zero-order valence-electron chi connectivity index (χ0n) is 10.9. The highest BCUT2D eigenvalue weighted by Crippen LogP contribution is 2.13. The second-order valence-corrected chi connectivity index (χ2v) is 8.52. The molecule has 1 fully saturated rings. The van der Waals surface area contributed by atoms with Crippen LogP contribution in [-0.4, -0.2) is 43.0 Å². The molecule has 1 unspecified atom stereocenters. The van der Waals surface area contributed by atoms with Gasteiger partial charge in [-0.05, 0) is 30.2 Å². The van der Waals surface area contributed by atoms with E-state index >= 15 is 0 Å². The van der Waals surface area contributed by atoms with Crippen molar-refractivity contribution >= 4 is 20.6 Å². The number of benzene rings is 1. The Balaban J connectivity index is 1.92. The molecule has 1 saturated heterocycles. The lowest BCUT2D eigenvalue weighted by atomic mass is 10.1. The topological polar surface area (TPSA) is 87.0 Å². The summed E-state index contributed by atoms with van der Waals surface area (Å²) < 4.78 is 36.0. The molecule has 5 nitrogen and oxygen atoms in total. The molecule has 1 aromatic rings. The predicted molar refractivity (Wildman–Crippen MR) is 77.4 cm³/mol. The molecule has 1 heterocycles. The number of nitriles is 1. The van der Waals surface area contributed by atoms with Crippen LogP contribution in [0.5, 0.6) is 0 Å². The second kappa shape index (κ2) is 6.48. The molecule has 0 spiro atoms. The number of nitrogens with zero attached hydrogens (tertiary/aromatic N) is 1. The van der Waals surface area contributed by atoms with E-state index < -0.39 is 20.6 Å². The summed E-state index contributed by atoms with van der Waals surface area (Å²) in [5.74, 6) is 1.02. The molecule has 1 aliphatic heterocycles. The van der Waals surface area contributed by atoms with Crippen molar-refractivity contribution in [2.75, 3.05) is 30.3 Å². The molecule has 0 saturated carbocycles. The summed E-state index contributed by atoms with van der Waals surface area (Å²) in [6, 6.07) is 7.74. The van der Waals surface area contributed by atoms with Crippen LogP contribution in [0.25, 0.3) is 0 Å². The summed E-state index contributed by atoms with van der Waals surface area (Å²) >= 11 is 0. The fourth-order valence-corrected chi connectivity index (χ4v) is 5.21. The lowest BCUT2D eigenvalue weighted by molar-refractivity contribution is 0.382. The Kier molecular flexibility index (Phi) is 4.91. The fraction of sp³-hybridized carbons (Fsp3) is 0.462. The van der Waals surface area contributed by atoms with Gasteiger partial charge in [0.2, 0.25) is 0 Å². The van der Waals surface area contributed by atoms with Gasteiger partial charge in [-0.2, -0.15) is 5.26 Å². The van der Waals surface area contributed by atoms with E-state index in [0.717, 1.165) is 13.1 Å². The predicted octanol–water partition coefficient (Wildman–Crippen LogP) is 0.300. The lowest BCUT2D eigenvalue weighted by Gasteiger charge is -2.26. The summed E-state index contributed by atoms with van der Waals surface area (Å²) in [6.07, 6.45) is 0. The molecule has 20 heavy (non-hydrogen) atoms. The number of rotatable bonds is 6. The first-order chi connectivity index (χ1) is 9.51. The smallest absolute Gasteiger partial charge is 0.179 e. The van der Waals surface area contributed by atoms with Gasteiger partial charge in [0.15, 0.2) is 9.84 Å². The minimum absolute atomic E-state index is 0.119. The normalized spacial score (nSPS) is 17.1. The summed E-state index contributed by atoms with van der Waals surface area (Å²) in [5.41, 5.74) is 0.421. The lowest BCUT2D eigenvalue weighted by Crippen LogP contribution is -2.45. The van der Waals surface area contributed by atoms with E-state index in [1.807, 2.05) is 6.07 Å². The summed E-state index contributed by atoms with van der Waals surface area (Å²) in [6.45, 7) is 1.74. The Bertz CT molecular complexity index is 629. The van der Waals surface area contributed by atoms with Crippen LogP contribution in [0.2, 0.25) is 0 Å². The van der Waals surface area contributed by atoms with Gasteiger partial charge in [-0.15, -0.1) is 0 Å². The number of nitrogens with one attached hydrogen (secondary N) is 1. The van der Waals surface area contributed by atoms with E-state index in [9.17, 15) is 12.6 Å². The van der Waals surface area contributed by atoms with Gasteiger partial charge in [-0.3, -0.25) is 4.21 Å². The highest BCUT2D eigenvalue weighted by Gasteiger charge is 2.21. The Morgan fingerprint density at radius 3 is 2.45 bits per heavy atom. The highest BCUT2D eigenvalue weighted by molar-refractivity contribution is 7.93. The molecule has 0 aliphatic carbocycles. The molecule has 0 aromatic heterocycles. The van der Waals surface area contributed by atoms with Crippen molar-refractivity contribution in [2.24, 2.45) is 5.92 Å². The Morgan fingerprint density at radius 1 is 1.30 bits per heavy atom. The molecule has 1 N–H and O–H groups in total. The van der Waals surface area contributed by atoms with E-state index in [2.05, 4.69) is 5.32 Å². The minimum atomic E-state index is -3.42. The van der Waals surface area contributed by atoms with E-state index in [4.69, 9.17) is 5.26 Å². The third-order valence-corrected chi connectivity index (χ3v) is 6.70. The van der Waals surface area contributed by atoms with E-state index in [-0.39, 0.29) is 16.4 Å². The molecule has 7 heteroatoms. The fourth-order valence-electron chi connectivity index (χ4n) is 1.87. The number of hydrogen-bond acceptors (Lipinski definition) is 5. The van der Waals surface area contributed by atoms with Crippen molar-refractivity contribution in [2.45, 2.75) is 4.90 Å². The van der Waals surface area contributed by atoms with Crippen LogP contribution < -0.4 is 5.32 Å². The SMILES string of the molecule is N#Cc1ccc(S(=O)(=O)CCS(=O)CC2CNC2)cc1. The largest absolute Gasteiger partial charge is 0.316 e. The van der Waals surface area contributed by atoms with Gasteiger partial charge < -0.3 is 5.32 Å². The summed E-state index contributed by atoms with van der Waals surface area (Å²) in [4.78, 5) is 0.179. The zero-order valence-corrected chi connectivity index (χ0v) is 12.5. The molecule has 108 valence electrons. The molecule has 1 aromatic carbocycles. The molecule has 0 radical (unpaired) electrons. The average molecular weight is 312 g/mol. The van der Waals surface area contributed by atoms with Crippen LogP contribution in [0, 0.1) is 17.2 Å². The van der Waals surface area contributed by atoms with Crippen molar-refractivity contribution in [1.29, 1.82) is 5.26 Å². The number of hydrogen-bond donors (Lipinski definition) is 1. The first kappa shape index (κ1) is 15.2. The maximum Gasteiger partial charge on any atom is 0.179 e. The number of sulfone groups is 1. The molecular formula is C13H16N2O3S2. The molecule has 1 aliphatic rings. The van der Waals surface area contributed by atoms with Crippen molar-refractivity contribution in [3.63, 3.8) is 0 Å². The van der Waals surface area contributed by atoms with Crippen molar-refractivity contribution < 1.29 is 12.6 Å². The van der Waals surface area contributed by atoms with Gasteiger partial charge in [-0.1, -0.05) is 0 Å². The van der Waals surface area contributed by atoms with E-state index in [1.165, 1.54) is 24.3 Å². The Hall–Kier alpha value is -1.23. The Labute approximate surface area is 121 Å². The molecule has 1 atom stereocenters. The standard InChI is InChI=1S/C13H16N2O3S2/c14-7-11-1-3-13(4-2-11)20(17,18)6-5-19(16)10-12-8-15-9-12/h1-4,12,15H,5-6,8-10H2. The molecule has 0 amide bonds. The second-order valence-electron chi connectivity index (χ2n) is 4.79. The highest BCUT2D eigenvalue weighted by atomic mass is 32.2. The van der Waals surface area contributed by atoms with Crippen LogP contribution in [0.3, 0.4) is 0 Å². The van der Waals surface area contributed by atoms with E-state index in [0.29, 0.717) is 17.2 Å². The summed E-state index contributed by atoms with van der Waals surface area (Å²) in [7, 11) is -4.52. The molecule has 0 bridgehead atoms. The first-order valence-corrected chi connectivity index (χ1v) is 9.44. The third kappa shape index (κ3) is 3.88. The van der Waals surface area contributed by atoms with Gasteiger partial charge in [0, 0.05) is 35.4 Å². The maximum absolute atomic E-state index is 12.1. The zero-order chi connectivity index (χ0) is 14.6. The third-order valence-electron chi connectivity index (χ3n) is 3.21. The van der Waals surface area contributed by atoms with Crippen LogP contribution in [0.1, 0.15) is 5.56 Å². The molecule has 2 rings (SSSR count). The monoisotopic (exact) mass is 312 g/mol. The average Bonchev–Trinajstić information content (AvgIpc) is 2.41. The van der Waals surface area contributed by atoms with Gasteiger partial charge in [0.25, 0.3) is 0 Å². The Morgan fingerprint density at radius 2 is 1.95 bits per heavy atom. The van der Waals surface area contributed by atoms with Crippen LogP contribution in [-0.2, 0) is 20.6 Å². The summed E-state index contributed by atoms with van der Waals surface area (Å²) in [5, 5.41) is 11.8. The van der Waals surface area contributed by atoms with Crippen molar-refractivity contribution in [3.05, 3.63) is 29.8 Å². The first-order valence-electron chi connectivity index (χ1n) is 6.30. The van der Waals surface area contributed by atoms with E-state index in [1.54, 1.807) is 0 Å². The van der Waals surface area contributed by atoms with Crippen molar-refractivity contribution in [3.8, 4) is 6.07 Å². The van der Waals surface area contributed by atoms with Crippen molar-refractivity contribution in [1.82, 2.24) is 5.32 Å². The molecular weight excluding hydrogens is 296 g/mol. The maximum atomic E-state index is 12.1. The minimum Gasteiger partial charge on any atom is -0.316 e. The quantitative estimate of drug-likeness (QED) is 0.816. The van der Waals surface area contributed by atoms with Crippen LogP contribution >= 0.6 is 0 Å². The van der Waals surface area contributed by atoms with Gasteiger partial charge >= 0.3 is 0 Å². The van der Waals surface area contributed by atoms with Gasteiger partial charge in [0.1, 0.15) is 0 Å². The van der Waals surface area contributed by atoms with Crippen LogP contribution in [0.15, 0.2) is 29.2 Å². The van der Waals surface area contributed by atoms with Gasteiger partial charge in [-0.25, -0.2) is 8.42 Å².